The molecular weight excluding hydrogens is 200 g/mol. The van der Waals surface area contributed by atoms with E-state index in [1.807, 2.05) is 12.1 Å². The number of anilines is 2. The minimum absolute atomic E-state index is 0.416. The molecule has 1 saturated carbocycles. The summed E-state index contributed by atoms with van der Waals surface area (Å²) >= 11 is 0. The number of nitrogens with one attached hydrogen (secondary N) is 1. The number of benzene rings is 1. The van der Waals surface area contributed by atoms with Gasteiger partial charge in [0.15, 0.2) is 0 Å². The van der Waals surface area contributed by atoms with Crippen LogP contribution in [0.3, 0.4) is 0 Å². The van der Waals surface area contributed by atoms with Crippen LogP contribution in [0.5, 0.6) is 0 Å². The maximum Gasteiger partial charge on any atom is 0.0591 e. The first-order valence-corrected chi connectivity index (χ1v) is 5.85. The van der Waals surface area contributed by atoms with Gasteiger partial charge in [-0.25, -0.2) is 0 Å². The Morgan fingerprint density at radius 2 is 2.19 bits per heavy atom. The molecule has 1 aliphatic carbocycles. The Kier molecular flexibility index (Phi) is 3.34. The van der Waals surface area contributed by atoms with Crippen molar-refractivity contribution >= 4 is 11.4 Å². The lowest BCUT2D eigenvalue weighted by Gasteiger charge is -2.17. The SMILES string of the molecule is COC1CCC(Nc2cccc(N)c2C)C1. The molecule has 1 aromatic carbocycles. The van der Waals surface area contributed by atoms with Gasteiger partial charge in [-0.2, -0.15) is 0 Å². The molecule has 3 N–H and O–H groups in total. The van der Waals surface area contributed by atoms with Gasteiger partial charge in [-0.1, -0.05) is 6.07 Å². The number of methoxy groups -OCH3 is 1. The van der Waals surface area contributed by atoms with E-state index in [2.05, 4.69) is 18.3 Å². The first-order chi connectivity index (χ1) is 7.70. The minimum Gasteiger partial charge on any atom is -0.398 e. The second kappa shape index (κ2) is 4.74. The molecule has 3 heteroatoms. The fraction of sp³-hybridized carbons (Fsp3) is 0.538. The van der Waals surface area contributed by atoms with Crippen LogP contribution in [0.15, 0.2) is 18.2 Å². The fourth-order valence-electron chi connectivity index (χ4n) is 2.32. The van der Waals surface area contributed by atoms with Gasteiger partial charge < -0.3 is 15.8 Å². The summed E-state index contributed by atoms with van der Waals surface area (Å²) in [4.78, 5) is 0. The lowest BCUT2D eigenvalue weighted by atomic mass is 10.1. The molecule has 0 aliphatic heterocycles. The summed E-state index contributed by atoms with van der Waals surface area (Å²) in [6, 6.07) is 6.54. The van der Waals surface area contributed by atoms with E-state index in [4.69, 9.17) is 10.5 Å². The highest BCUT2D eigenvalue weighted by Gasteiger charge is 2.24. The lowest BCUT2D eigenvalue weighted by molar-refractivity contribution is 0.108. The van der Waals surface area contributed by atoms with Crippen LogP contribution < -0.4 is 11.1 Å². The Balaban J connectivity index is 2.02. The standard InChI is InChI=1S/C13H20N2O/c1-9-12(14)4-3-5-13(9)15-10-6-7-11(8-10)16-2/h3-5,10-11,15H,6-8,14H2,1-2H3. The smallest absolute Gasteiger partial charge is 0.0591 e. The van der Waals surface area contributed by atoms with Gasteiger partial charge in [0.05, 0.1) is 6.10 Å². The highest BCUT2D eigenvalue weighted by molar-refractivity contribution is 5.63. The first-order valence-electron chi connectivity index (χ1n) is 5.85. The van der Waals surface area contributed by atoms with E-state index in [9.17, 15) is 0 Å². The van der Waals surface area contributed by atoms with Gasteiger partial charge in [-0.15, -0.1) is 0 Å². The van der Waals surface area contributed by atoms with Crippen molar-refractivity contribution in [2.24, 2.45) is 0 Å². The molecule has 0 bridgehead atoms. The zero-order valence-electron chi connectivity index (χ0n) is 9.99. The summed E-state index contributed by atoms with van der Waals surface area (Å²) in [5.74, 6) is 0. The van der Waals surface area contributed by atoms with Crippen LogP contribution in [-0.2, 0) is 4.74 Å². The normalized spacial score (nSPS) is 24.6. The Bertz CT molecular complexity index is 365. The average molecular weight is 220 g/mol. The summed E-state index contributed by atoms with van der Waals surface area (Å²) in [6.45, 7) is 2.06. The third kappa shape index (κ3) is 2.30. The largest absolute Gasteiger partial charge is 0.398 e. The zero-order valence-corrected chi connectivity index (χ0v) is 9.99. The molecule has 2 atom stereocenters. The van der Waals surface area contributed by atoms with Crippen LogP contribution in [0, 0.1) is 6.92 Å². The topological polar surface area (TPSA) is 47.3 Å². The molecule has 1 aromatic rings. The average Bonchev–Trinajstić information content (AvgIpc) is 2.73. The summed E-state index contributed by atoms with van der Waals surface area (Å²) in [5.41, 5.74) is 9.03. The maximum absolute atomic E-state index is 5.88. The van der Waals surface area contributed by atoms with E-state index in [-0.39, 0.29) is 0 Å². The fourth-order valence-corrected chi connectivity index (χ4v) is 2.32. The van der Waals surface area contributed by atoms with Crippen molar-refractivity contribution in [1.82, 2.24) is 0 Å². The predicted octanol–water partition coefficient (Wildman–Crippen LogP) is 2.56. The summed E-state index contributed by atoms with van der Waals surface area (Å²) < 4.78 is 5.37. The van der Waals surface area contributed by atoms with Gasteiger partial charge in [0.25, 0.3) is 0 Å². The number of ether oxygens (including phenoxy) is 1. The highest BCUT2D eigenvalue weighted by atomic mass is 16.5. The highest BCUT2D eigenvalue weighted by Crippen LogP contribution is 2.27. The van der Waals surface area contributed by atoms with Crippen LogP contribution in [0.4, 0.5) is 11.4 Å². The Hall–Kier alpha value is -1.22. The number of nitrogens with two attached hydrogens (primary N) is 1. The van der Waals surface area contributed by atoms with Crippen LogP contribution in [-0.4, -0.2) is 19.3 Å². The number of nitrogen functional groups attached to an aromatic ring is 1. The van der Waals surface area contributed by atoms with E-state index in [1.54, 1.807) is 7.11 Å². The van der Waals surface area contributed by atoms with Crippen LogP contribution in [0.25, 0.3) is 0 Å². The van der Waals surface area contributed by atoms with Gasteiger partial charge in [0.2, 0.25) is 0 Å². The predicted molar refractivity (Wildman–Crippen MR) is 67.7 cm³/mol. The molecule has 0 saturated heterocycles. The van der Waals surface area contributed by atoms with E-state index in [0.717, 1.165) is 29.8 Å². The molecule has 1 fully saturated rings. The molecule has 1 aliphatic rings. The Labute approximate surface area is 97.0 Å². The van der Waals surface area contributed by atoms with E-state index >= 15 is 0 Å². The van der Waals surface area contributed by atoms with Crippen molar-refractivity contribution in [3.05, 3.63) is 23.8 Å². The molecule has 3 nitrogen and oxygen atoms in total. The second-order valence-electron chi connectivity index (χ2n) is 4.53. The zero-order chi connectivity index (χ0) is 11.5. The van der Waals surface area contributed by atoms with Crippen LogP contribution in [0.2, 0.25) is 0 Å². The number of hydrogen-bond donors (Lipinski definition) is 2. The molecule has 88 valence electrons. The van der Waals surface area contributed by atoms with E-state index < -0.39 is 0 Å². The van der Waals surface area contributed by atoms with Gasteiger partial charge >= 0.3 is 0 Å². The lowest BCUT2D eigenvalue weighted by Crippen LogP contribution is -2.18. The molecule has 0 amide bonds. The van der Waals surface area contributed by atoms with Gasteiger partial charge in [-0.05, 0) is 43.9 Å². The Morgan fingerprint density at radius 1 is 1.38 bits per heavy atom. The summed E-state index contributed by atoms with van der Waals surface area (Å²) in [5, 5.41) is 3.55. The van der Waals surface area contributed by atoms with Crippen molar-refractivity contribution in [2.45, 2.75) is 38.3 Å². The Morgan fingerprint density at radius 3 is 2.88 bits per heavy atom. The molecule has 2 unspecified atom stereocenters. The molecule has 0 spiro atoms. The van der Waals surface area contributed by atoms with Gasteiger partial charge in [0, 0.05) is 24.5 Å². The molecule has 0 aromatic heterocycles. The van der Waals surface area contributed by atoms with Crippen molar-refractivity contribution in [2.75, 3.05) is 18.2 Å². The first kappa shape index (κ1) is 11.3. The summed E-state index contributed by atoms with van der Waals surface area (Å²) in [7, 11) is 1.79. The molecule has 2 rings (SSSR count). The third-order valence-corrected chi connectivity index (χ3v) is 3.45. The summed E-state index contributed by atoms with van der Waals surface area (Å²) in [6.07, 6.45) is 3.83. The van der Waals surface area contributed by atoms with Crippen molar-refractivity contribution in [3.8, 4) is 0 Å². The van der Waals surface area contributed by atoms with Gasteiger partial charge in [-0.3, -0.25) is 0 Å². The van der Waals surface area contributed by atoms with Crippen LogP contribution >= 0.6 is 0 Å². The molecule has 0 heterocycles. The quantitative estimate of drug-likeness (QED) is 0.770. The van der Waals surface area contributed by atoms with Crippen molar-refractivity contribution < 1.29 is 4.74 Å². The molecule has 16 heavy (non-hydrogen) atoms. The second-order valence-corrected chi connectivity index (χ2v) is 4.53. The minimum atomic E-state index is 0.416. The van der Waals surface area contributed by atoms with E-state index in [0.29, 0.717) is 12.1 Å². The molecular formula is C13H20N2O. The van der Waals surface area contributed by atoms with E-state index in [1.165, 1.54) is 6.42 Å². The third-order valence-electron chi connectivity index (χ3n) is 3.45. The van der Waals surface area contributed by atoms with Gasteiger partial charge in [0.1, 0.15) is 0 Å². The number of hydrogen-bond acceptors (Lipinski definition) is 3. The van der Waals surface area contributed by atoms with Crippen LogP contribution in [0.1, 0.15) is 24.8 Å². The number of rotatable bonds is 3. The monoisotopic (exact) mass is 220 g/mol. The maximum atomic E-state index is 5.88. The van der Waals surface area contributed by atoms with Crippen molar-refractivity contribution in [1.29, 1.82) is 0 Å². The molecule has 0 radical (unpaired) electrons. The van der Waals surface area contributed by atoms with Crippen molar-refractivity contribution in [3.63, 3.8) is 0 Å².